The smallest absolute Gasteiger partial charge is 0.183 e. The summed E-state index contributed by atoms with van der Waals surface area (Å²) in [6, 6.07) is 5.99. The lowest BCUT2D eigenvalue weighted by atomic mass is 10.3. The molecule has 0 fully saturated rings. The van der Waals surface area contributed by atoms with Crippen molar-refractivity contribution in [3.05, 3.63) is 34.8 Å². The largest absolute Gasteiger partial charge is 0.341 e. The Hall–Kier alpha value is -1.34. The van der Waals surface area contributed by atoms with Gasteiger partial charge in [-0.25, -0.2) is 9.97 Å². The third kappa shape index (κ3) is 2.34. The van der Waals surface area contributed by atoms with E-state index in [2.05, 4.69) is 41.1 Å². The second kappa shape index (κ2) is 4.50. The minimum absolute atomic E-state index is 0.738. The molecule has 0 aliphatic carbocycles. The van der Waals surface area contributed by atoms with Crippen molar-refractivity contribution in [2.24, 2.45) is 0 Å². The van der Waals surface area contributed by atoms with Crippen LogP contribution in [0.4, 0.5) is 0 Å². The molecule has 86 valence electrons. The van der Waals surface area contributed by atoms with Crippen LogP contribution in [0.15, 0.2) is 34.2 Å². The zero-order valence-corrected chi connectivity index (χ0v) is 11.0. The van der Waals surface area contributed by atoms with Crippen LogP contribution in [0.1, 0.15) is 5.82 Å². The number of rotatable bonds is 3. The number of halogens is 1. The molecular formula is C10H8BrN5S. The van der Waals surface area contributed by atoms with Crippen molar-refractivity contribution >= 4 is 38.7 Å². The van der Waals surface area contributed by atoms with Crippen LogP contribution >= 0.6 is 27.7 Å². The third-order valence-electron chi connectivity index (χ3n) is 2.23. The van der Waals surface area contributed by atoms with Crippen molar-refractivity contribution < 1.29 is 0 Å². The lowest BCUT2D eigenvalue weighted by Crippen LogP contribution is -1.84. The monoisotopic (exact) mass is 309 g/mol. The highest BCUT2D eigenvalue weighted by Crippen LogP contribution is 2.21. The van der Waals surface area contributed by atoms with Crippen LogP contribution in [0.25, 0.3) is 11.0 Å². The summed E-state index contributed by atoms with van der Waals surface area (Å²) in [5.41, 5.74) is 2.01. The first-order valence-corrected chi connectivity index (χ1v) is 6.71. The van der Waals surface area contributed by atoms with Crippen molar-refractivity contribution in [2.45, 2.75) is 10.9 Å². The molecule has 0 saturated carbocycles. The van der Waals surface area contributed by atoms with E-state index in [1.165, 1.54) is 6.33 Å². The number of thioether (sulfide) groups is 1. The number of H-pyrrole nitrogens is 2. The fourth-order valence-electron chi connectivity index (χ4n) is 1.50. The fraction of sp³-hybridized carbons (Fsp3) is 0.100. The number of nitrogens with zero attached hydrogens (tertiary/aromatic N) is 3. The Bertz CT molecular complexity index is 633. The Morgan fingerprint density at radius 2 is 2.29 bits per heavy atom. The maximum absolute atomic E-state index is 4.49. The molecule has 0 unspecified atom stereocenters. The summed E-state index contributed by atoms with van der Waals surface area (Å²) in [5.74, 6) is 1.67. The Morgan fingerprint density at radius 1 is 1.35 bits per heavy atom. The van der Waals surface area contributed by atoms with Crippen LogP contribution in [0.5, 0.6) is 0 Å². The third-order valence-corrected chi connectivity index (χ3v) is 3.61. The van der Waals surface area contributed by atoms with Gasteiger partial charge in [0.05, 0.1) is 16.8 Å². The van der Waals surface area contributed by atoms with E-state index < -0.39 is 0 Å². The number of fused-ring (bicyclic) bond motifs is 1. The molecule has 0 bridgehead atoms. The first kappa shape index (κ1) is 10.8. The molecule has 0 saturated heterocycles. The first-order chi connectivity index (χ1) is 8.31. The molecule has 0 atom stereocenters. The zero-order valence-electron chi connectivity index (χ0n) is 8.64. The van der Waals surface area contributed by atoms with Crippen LogP contribution in [0.2, 0.25) is 0 Å². The average molecular weight is 310 g/mol. The number of imidazole rings is 1. The van der Waals surface area contributed by atoms with Crippen LogP contribution in [0, 0.1) is 0 Å². The molecular weight excluding hydrogens is 302 g/mol. The normalized spacial score (nSPS) is 11.1. The lowest BCUT2D eigenvalue weighted by molar-refractivity contribution is 0.970. The maximum atomic E-state index is 4.49. The predicted octanol–water partition coefficient (Wildman–Crippen LogP) is 2.74. The highest BCUT2D eigenvalue weighted by Gasteiger charge is 2.04. The van der Waals surface area contributed by atoms with Crippen LogP contribution in [-0.4, -0.2) is 25.1 Å². The summed E-state index contributed by atoms with van der Waals surface area (Å²) in [4.78, 5) is 11.8. The predicted molar refractivity (Wildman–Crippen MR) is 69.7 cm³/mol. The molecule has 0 aliphatic heterocycles. The minimum Gasteiger partial charge on any atom is -0.341 e. The van der Waals surface area contributed by atoms with Crippen molar-refractivity contribution in [1.82, 2.24) is 25.1 Å². The summed E-state index contributed by atoms with van der Waals surface area (Å²) in [6.07, 6.45) is 1.50. The molecule has 5 nitrogen and oxygen atoms in total. The Labute approximate surface area is 110 Å². The van der Waals surface area contributed by atoms with Crippen LogP contribution in [-0.2, 0) is 5.75 Å². The second-order valence-electron chi connectivity index (χ2n) is 3.42. The van der Waals surface area contributed by atoms with Crippen molar-refractivity contribution in [2.75, 3.05) is 0 Å². The average Bonchev–Trinajstić information content (AvgIpc) is 2.94. The second-order valence-corrected chi connectivity index (χ2v) is 5.30. The number of nitrogens with one attached hydrogen (secondary N) is 2. The lowest BCUT2D eigenvalue weighted by Gasteiger charge is -1.92. The van der Waals surface area contributed by atoms with Crippen LogP contribution in [0.3, 0.4) is 0 Å². The summed E-state index contributed by atoms with van der Waals surface area (Å²) < 4.78 is 1.04. The molecule has 2 aromatic heterocycles. The van der Waals surface area contributed by atoms with Gasteiger partial charge in [0, 0.05) is 4.47 Å². The molecule has 0 radical (unpaired) electrons. The van der Waals surface area contributed by atoms with Gasteiger partial charge in [0.1, 0.15) is 12.2 Å². The van der Waals surface area contributed by atoms with Gasteiger partial charge in [-0.3, -0.25) is 5.10 Å². The van der Waals surface area contributed by atoms with Gasteiger partial charge in [0.15, 0.2) is 5.16 Å². The minimum atomic E-state index is 0.738. The van der Waals surface area contributed by atoms with E-state index in [0.29, 0.717) is 0 Å². The zero-order chi connectivity index (χ0) is 11.7. The molecule has 0 amide bonds. The van der Waals surface area contributed by atoms with Gasteiger partial charge in [0.2, 0.25) is 0 Å². The van der Waals surface area contributed by atoms with Crippen molar-refractivity contribution in [3.63, 3.8) is 0 Å². The molecule has 17 heavy (non-hydrogen) atoms. The molecule has 2 N–H and O–H groups in total. The SMILES string of the molecule is Brc1ccc2nc(CSc3ncn[nH]3)[nH]c2c1. The molecule has 0 spiro atoms. The highest BCUT2D eigenvalue weighted by atomic mass is 79.9. The van der Waals surface area contributed by atoms with Gasteiger partial charge < -0.3 is 4.98 Å². The van der Waals surface area contributed by atoms with E-state index in [4.69, 9.17) is 0 Å². The van der Waals surface area contributed by atoms with Gasteiger partial charge in [-0.15, -0.1) is 0 Å². The molecule has 2 heterocycles. The number of aromatic amines is 2. The summed E-state index contributed by atoms with van der Waals surface area (Å²) in [5, 5.41) is 7.40. The molecule has 7 heteroatoms. The van der Waals surface area contributed by atoms with Gasteiger partial charge in [-0.1, -0.05) is 27.7 Å². The van der Waals surface area contributed by atoms with E-state index in [0.717, 1.165) is 32.2 Å². The summed E-state index contributed by atoms with van der Waals surface area (Å²) in [6.45, 7) is 0. The maximum Gasteiger partial charge on any atom is 0.183 e. The van der Waals surface area contributed by atoms with Crippen LogP contribution < -0.4 is 0 Å². The Morgan fingerprint density at radius 3 is 3.12 bits per heavy atom. The number of benzene rings is 1. The van der Waals surface area contributed by atoms with Gasteiger partial charge >= 0.3 is 0 Å². The van der Waals surface area contributed by atoms with Crippen molar-refractivity contribution in [1.29, 1.82) is 0 Å². The highest BCUT2D eigenvalue weighted by molar-refractivity contribution is 9.10. The molecule has 3 rings (SSSR count). The first-order valence-electron chi connectivity index (χ1n) is 4.93. The van der Waals surface area contributed by atoms with Crippen molar-refractivity contribution in [3.8, 4) is 0 Å². The Kier molecular flexibility index (Phi) is 2.86. The number of hydrogen-bond donors (Lipinski definition) is 2. The Balaban J connectivity index is 1.81. The molecule has 0 aliphatic rings. The fourth-order valence-corrected chi connectivity index (χ4v) is 2.51. The van der Waals surface area contributed by atoms with E-state index in [-0.39, 0.29) is 0 Å². The molecule has 3 aromatic rings. The van der Waals surface area contributed by atoms with E-state index in [1.54, 1.807) is 11.8 Å². The summed E-state index contributed by atoms with van der Waals surface area (Å²) >= 11 is 5.00. The van der Waals surface area contributed by atoms with Gasteiger partial charge in [0.25, 0.3) is 0 Å². The standard InChI is InChI=1S/C10H8BrN5S/c11-6-1-2-7-8(3-6)15-9(14-7)4-17-10-12-5-13-16-10/h1-3,5H,4H2,(H,14,15)(H,12,13,16). The van der Waals surface area contributed by atoms with E-state index in [9.17, 15) is 0 Å². The quantitative estimate of drug-likeness (QED) is 0.730. The van der Waals surface area contributed by atoms with Gasteiger partial charge in [-0.2, -0.15) is 5.10 Å². The topological polar surface area (TPSA) is 70.2 Å². The summed E-state index contributed by atoms with van der Waals surface area (Å²) in [7, 11) is 0. The van der Waals surface area contributed by atoms with E-state index in [1.807, 2.05) is 18.2 Å². The number of hydrogen-bond acceptors (Lipinski definition) is 4. The number of aromatic nitrogens is 5. The van der Waals surface area contributed by atoms with Gasteiger partial charge in [-0.05, 0) is 18.2 Å². The van der Waals surface area contributed by atoms with E-state index >= 15 is 0 Å². The molecule has 1 aromatic carbocycles.